The molecule has 0 spiro atoms. The SMILES string of the molecule is O=Cc1cccc2cnc(CCN3CCCC3)n12. The lowest BCUT2D eigenvalue weighted by atomic mass is 10.3. The Kier molecular flexibility index (Phi) is 3.11. The first-order valence-electron chi connectivity index (χ1n) is 6.51. The van der Waals surface area contributed by atoms with Gasteiger partial charge in [-0.2, -0.15) is 0 Å². The normalized spacial score (nSPS) is 16.4. The van der Waals surface area contributed by atoms with E-state index < -0.39 is 0 Å². The number of rotatable bonds is 4. The minimum absolute atomic E-state index is 0.682. The molecule has 0 saturated carbocycles. The third-order valence-electron chi connectivity index (χ3n) is 3.63. The number of likely N-dealkylation sites (tertiary alicyclic amines) is 1. The molecular weight excluding hydrogens is 226 g/mol. The summed E-state index contributed by atoms with van der Waals surface area (Å²) in [6.45, 7) is 3.43. The molecule has 4 heteroatoms. The molecule has 3 heterocycles. The van der Waals surface area contributed by atoms with E-state index in [0.717, 1.165) is 30.6 Å². The molecule has 0 N–H and O–H groups in total. The minimum Gasteiger partial charge on any atom is -0.303 e. The second-order valence-corrected chi connectivity index (χ2v) is 4.80. The van der Waals surface area contributed by atoms with E-state index in [4.69, 9.17) is 0 Å². The number of hydrogen-bond donors (Lipinski definition) is 0. The molecule has 0 aliphatic carbocycles. The Bertz CT molecular complexity index is 555. The molecule has 0 bridgehead atoms. The first kappa shape index (κ1) is 11.4. The van der Waals surface area contributed by atoms with E-state index >= 15 is 0 Å². The maximum absolute atomic E-state index is 11.1. The van der Waals surface area contributed by atoms with E-state index in [2.05, 4.69) is 9.88 Å². The van der Waals surface area contributed by atoms with Gasteiger partial charge in [-0.25, -0.2) is 4.98 Å². The van der Waals surface area contributed by atoms with Crippen LogP contribution < -0.4 is 0 Å². The van der Waals surface area contributed by atoms with Crippen molar-refractivity contribution < 1.29 is 4.79 Å². The summed E-state index contributed by atoms with van der Waals surface area (Å²) in [6, 6.07) is 5.71. The summed E-state index contributed by atoms with van der Waals surface area (Å²) in [6.07, 6.45) is 6.25. The number of aromatic nitrogens is 2. The van der Waals surface area contributed by atoms with Crippen molar-refractivity contribution in [2.45, 2.75) is 19.3 Å². The summed E-state index contributed by atoms with van der Waals surface area (Å²) in [5, 5.41) is 0. The fourth-order valence-electron chi connectivity index (χ4n) is 2.67. The molecule has 1 saturated heterocycles. The van der Waals surface area contributed by atoms with E-state index in [1.807, 2.05) is 28.8 Å². The topological polar surface area (TPSA) is 37.6 Å². The van der Waals surface area contributed by atoms with Crippen molar-refractivity contribution in [2.75, 3.05) is 19.6 Å². The lowest BCUT2D eigenvalue weighted by Crippen LogP contribution is -2.22. The number of aldehydes is 1. The van der Waals surface area contributed by atoms with Crippen molar-refractivity contribution in [2.24, 2.45) is 0 Å². The standard InChI is InChI=1S/C14H17N3O/c18-11-13-5-3-4-12-10-15-14(17(12)13)6-9-16-7-1-2-8-16/h3-5,10-11H,1-2,6-9H2. The fraction of sp³-hybridized carbons (Fsp3) is 0.429. The molecule has 0 amide bonds. The van der Waals surface area contributed by atoms with Crippen molar-refractivity contribution in [3.63, 3.8) is 0 Å². The third-order valence-corrected chi connectivity index (χ3v) is 3.63. The molecule has 0 radical (unpaired) electrons. The quantitative estimate of drug-likeness (QED) is 0.768. The number of fused-ring (bicyclic) bond motifs is 1. The Morgan fingerprint density at radius 1 is 1.28 bits per heavy atom. The van der Waals surface area contributed by atoms with E-state index in [9.17, 15) is 4.79 Å². The van der Waals surface area contributed by atoms with Gasteiger partial charge in [-0.3, -0.25) is 9.20 Å². The molecule has 0 aromatic carbocycles. The van der Waals surface area contributed by atoms with Gasteiger partial charge < -0.3 is 4.90 Å². The monoisotopic (exact) mass is 243 g/mol. The van der Waals surface area contributed by atoms with Gasteiger partial charge in [-0.15, -0.1) is 0 Å². The Hall–Kier alpha value is -1.68. The van der Waals surface area contributed by atoms with Gasteiger partial charge in [0, 0.05) is 13.0 Å². The highest BCUT2D eigenvalue weighted by atomic mass is 16.1. The molecular formula is C14H17N3O. The van der Waals surface area contributed by atoms with Gasteiger partial charge in [-0.1, -0.05) is 6.07 Å². The molecule has 2 aromatic heterocycles. The van der Waals surface area contributed by atoms with Crippen LogP contribution in [-0.4, -0.2) is 40.2 Å². The van der Waals surface area contributed by atoms with Crippen molar-refractivity contribution in [3.8, 4) is 0 Å². The van der Waals surface area contributed by atoms with E-state index in [0.29, 0.717) is 5.69 Å². The largest absolute Gasteiger partial charge is 0.303 e. The molecule has 3 rings (SSSR count). The van der Waals surface area contributed by atoms with Crippen LogP contribution in [0.1, 0.15) is 29.2 Å². The Labute approximate surface area is 106 Å². The molecule has 1 fully saturated rings. The second kappa shape index (κ2) is 4.90. The fourth-order valence-corrected chi connectivity index (χ4v) is 2.67. The maximum Gasteiger partial charge on any atom is 0.166 e. The molecule has 18 heavy (non-hydrogen) atoms. The summed E-state index contributed by atoms with van der Waals surface area (Å²) in [5.74, 6) is 0.986. The molecule has 94 valence electrons. The maximum atomic E-state index is 11.1. The summed E-state index contributed by atoms with van der Waals surface area (Å²) < 4.78 is 1.96. The smallest absolute Gasteiger partial charge is 0.166 e. The van der Waals surface area contributed by atoms with Crippen LogP contribution in [-0.2, 0) is 6.42 Å². The van der Waals surface area contributed by atoms with Gasteiger partial charge in [-0.05, 0) is 38.1 Å². The van der Waals surface area contributed by atoms with Gasteiger partial charge in [0.25, 0.3) is 0 Å². The minimum atomic E-state index is 0.682. The van der Waals surface area contributed by atoms with Crippen LogP contribution >= 0.6 is 0 Å². The molecule has 0 unspecified atom stereocenters. The van der Waals surface area contributed by atoms with E-state index in [-0.39, 0.29) is 0 Å². The first-order chi connectivity index (χ1) is 8.88. The lowest BCUT2D eigenvalue weighted by molar-refractivity contribution is 0.111. The number of imidazole rings is 1. The van der Waals surface area contributed by atoms with Crippen LogP contribution in [0, 0.1) is 0 Å². The average molecular weight is 243 g/mol. The van der Waals surface area contributed by atoms with Gasteiger partial charge in [0.2, 0.25) is 0 Å². The van der Waals surface area contributed by atoms with Crippen LogP contribution in [0.5, 0.6) is 0 Å². The Morgan fingerprint density at radius 3 is 2.89 bits per heavy atom. The zero-order chi connectivity index (χ0) is 12.4. The van der Waals surface area contributed by atoms with Gasteiger partial charge in [0.15, 0.2) is 6.29 Å². The molecule has 0 atom stereocenters. The zero-order valence-corrected chi connectivity index (χ0v) is 10.4. The number of nitrogens with zero attached hydrogens (tertiary/aromatic N) is 3. The average Bonchev–Trinajstić information content (AvgIpc) is 3.05. The van der Waals surface area contributed by atoms with E-state index in [1.54, 1.807) is 0 Å². The highest BCUT2D eigenvalue weighted by molar-refractivity contribution is 5.74. The Morgan fingerprint density at radius 2 is 2.11 bits per heavy atom. The van der Waals surface area contributed by atoms with Crippen molar-refractivity contribution in [3.05, 3.63) is 35.9 Å². The van der Waals surface area contributed by atoms with Gasteiger partial charge in [0.05, 0.1) is 17.4 Å². The third kappa shape index (κ3) is 2.04. The van der Waals surface area contributed by atoms with Crippen LogP contribution in [0.15, 0.2) is 24.4 Å². The predicted molar refractivity (Wildman–Crippen MR) is 70.0 cm³/mol. The van der Waals surface area contributed by atoms with Crippen LogP contribution in [0.25, 0.3) is 5.52 Å². The summed E-state index contributed by atoms with van der Waals surface area (Å²) in [5.41, 5.74) is 1.68. The van der Waals surface area contributed by atoms with Crippen LogP contribution in [0.4, 0.5) is 0 Å². The summed E-state index contributed by atoms with van der Waals surface area (Å²) >= 11 is 0. The van der Waals surface area contributed by atoms with Crippen molar-refractivity contribution in [1.29, 1.82) is 0 Å². The molecule has 4 nitrogen and oxygen atoms in total. The van der Waals surface area contributed by atoms with E-state index in [1.165, 1.54) is 25.9 Å². The highest BCUT2D eigenvalue weighted by Gasteiger charge is 2.13. The molecule has 2 aromatic rings. The number of carbonyl (C=O) groups excluding carboxylic acids is 1. The van der Waals surface area contributed by atoms with Crippen LogP contribution in [0.3, 0.4) is 0 Å². The number of pyridine rings is 1. The van der Waals surface area contributed by atoms with Gasteiger partial charge >= 0.3 is 0 Å². The van der Waals surface area contributed by atoms with Crippen molar-refractivity contribution in [1.82, 2.24) is 14.3 Å². The second-order valence-electron chi connectivity index (χ2n) is 4.80. The summed E-state index contributed by atoms with van der Waals surface area (Å²) in [7, 11) is 0. The van der Waals surface area contributed by atoms with Gasteiger partial charge in [0.1, 0.15) is 5.82 Å². The molecule has 1 aliphatic rings. The van der Waals surface area contributed by atoms with Crippen molar-refractivity contribution >= 4 is 11.8 Å². The predicted octanol–water partition coefficient (Wildman–Crippen LogP) is 1.79. The highest BCUT2D eigenvalue weighted by Crippen LogP contribution is 2.12. The van der Waals surface area contributed by atoms with Crippen LogP contribution in [0.2, 0.25) is 0 Å². The molecule has 1 aliphatic heterocycles. The number of carbonyl (C=O) groups is 1. The lowest BCUT2D eigenvalue weighted by Gasteiger charge is -2.13. The number of hydrogen-bond acceptors (Lipinski definition) is 3. The Balaban J connectivity index is 1.84. The zero-order valence-electron chi connectivity index (χ0n) is 10.4. The summed E-state index contributed by atoms with van der Waals surface area (Å²) in [4.78, 5) is 18.0. The first-order valence-corrected chi connectivity index (χ1v) is 6.51.